The lowest BCUT2D eigenvalue weighted by molar-refractivity contribution is 0.185. The summed E-state index contributed by atoms with van der Waals surface area (Å²) in [6, 6.07) is 8.63. The Morgan fingerprint density at radius 2 is 1.84 bits per heavy atom. The lowest BCUT2D eigenvalue weighted by Gasteiger charge is -2.30. The van der Waals surface area contributed by atoms with Crippen LogP contribution >= 0.6 is 0 Å². The van der Waals surface area contributed by atoms with Crippen LogP contribution in [0.3, 0.4) is 0 Å². The molecule has 2 heteroatoms. The molecule has 0 unspecified atom stereocenters. The quantitative estimate of drug-likeness (QED) is 0.715. The maximum Gasteiger partial charge on any atom is 0.119 e. The van der Waals surface area contributed by atoms with E-state index < -0.39 is 0 Å². The number of unbranched alkanes of at least 4 members (excludes halogenated alkanes) is 1. The Bertz CT molecular complexity index is 352. The van der Waals surface area contributed by atoms with Crippen LogP contribution in [0.15, 0.2) is 24.3 Å². The van der Waals surface area contributed by atoms with E-state index in [1.54, 1.807) is 0 Å². The van der Waals surface area contributed by atoms with Crippen LogP contribution in [-0.4, -0.2) is 24.6 Å². The van der Waals surface area contributed by atoms with Crippen LogP contribution in [0.5, 0.6) is 5.75 Å². The third-order valence-corrected chi connectivity index (χ3v) is 3.97. The highest BCUT2D eigenvalue weighted by Crippen LogP contribution is 2.19. The average molecular weight is 261 g/mol. The second-order valence-electron chi connectivity index (χ2n) is 5.80. The van der Waals surface area contributed by atoms with Gasteiger partial charge in [-0.2, -0.15) is 0 Å². The van der Waals surface area contributed by atoms with Gasteiger partial charge in [-0.3, -0.25) is 4.90 Å². The number of piperidine rings is 1. The monoisotopic (exact) mass is 261 g/mol. The predicted molar refractivity (Wildman–Crippen MR) is 80.5 cm³/mol. The van der Waals surface area contributed by atoms with Gasteiger partial charge in [0.15, 0.2) is 0 Å². The number of benzene rings is 1. The van der Waals surface area contributed by atoms with Crippen molar-refractivity contribution in [2.45, 2.75) is 46.1 Å². The van der Waals surface area contributed by atoms with Crippen molar-refractivity contribution in [3.63, 3.8) is 0 Å². The summed E-state index contributed by atoms with van der Waals surface area (Å²) in [5, 5.41) is 0. The van der Waals surface area contributed by atoms with E-state index in [2.05, 4.69) is 43.0 Å². The molecular weight excluding hydrogens is 234 g/mol. The number of nitrogens with zero attached hydrogens (tertiary/aromatic N) is 1. The van der Waals surface area contributed by atoms with Crippen LogP contribution in [0, 0.1) is 5.92 Å². The molecule has 1 fully saturated rings. The van der Waals surface area contributed by atoms with Gasteiger partial charge in [-0.1, -0.05) is 32.4 Å². The zero-order valence-corrected chi connectivity index (χ0v) is 12.4. The van der Waals surface area contributed by atoms with E-state index >= 15 is 0 Å². The summed E-state index contributed by atoms with van der Waals surface area (Å²) >= 11 is 0. The third-order valence-electron chi connectivity index (χ3n) is 3.97. The largest absolute Gasteiger partial charge is 0.494 e. The second kappa shape index (κ2) is 7.54. The van der Waals surface area contributed by atoms with E-state index in [4.69, 9.17) is 4.74 Å². The van der Waals surface area contributed by atoms with Gasteiger partial charge in [0.2, 0.25) is 0 Å². The van der Waals surface area contributed by atoms with Crippen molar-refractivity contribution in [3.8, 4) is 5.75 Å². The minimum atomic E-state index is 0.833. The fraction of sp³-hybridized carbons (Fsp3) is 0.647. The molecule has 0 atom stereocenters. The van der Waals surface area contributed by atoms with Crippen LogP contribution in [0.4, 0.5) is 0 Å². The smallest absolute Gasteiger partial charge is 0.119 e. The molecule has 0 aromatic heterocycles. The highest BCUT2D eigenvalue weighted by molar-refractivity contribution is 5.27. The molecule has 0 spiro atoms. The molecule has 0 N–H and O–H groups in total. The van der Waals surface area contributed by atoms with E-state index in [1.165, 1.54) is 37.9 Å². The third kappa shape index (κ3) is 4.87. The van der Waals surface area contributed by atoms with Gasteiger partial charge in [0.25, 0.3) is 0 Å². The van der Waals surface area contributed by atoms with E-state index in [0.717, 1.165) is 31.2 Å². The van der Waals surface area contributed by atoms with Gasteiger partial charge in [-0.05, 0) is 56.0 Å². The first-order valence-electron chi connectivity index (χ1n) is 7.72. The highest BCUT2D eigenvalue weighted by atomic mass is 16.5. The number of rotatable bonds is 6. The van der Waals surface area contributed by atoms with Crippen molar-refractivity contribution in [1.29, 1.82) is 0 Å². The Morgan fingerprint density at radius 1 is 1.16 bits per heavy atom. The van der Waals surface area contributed by atoms with Crippen LogP contribution in [0.25, 0.3) is 0 Å². The van der Waals surface area contributed by atoms with E-state index in [-0.39, 0.29) is 0 Å². The first-order valence-corrected chi connectivity index (χ1v) is 7.72. The van der Waals surface area contributed by atoms with Crippen molar-refractivity contribution in [1.82, 2.24) is 4.90 Å². The molecule has 1 aliphatic heterocycles. The summed E-state index contributed by atoms with van der Waals surface area (Å²) in [7, 11) is 0. The fourth-order valence-corrected chi connectivity index (χ4v) is 2.50. The summed E-state index contributed by atoms with van der Waals surface area (Å²) in [6.07, 6.45) is 5.01. The Hall–Kier alpha value is -1.02. The van der Waals surface area contributed by atoms with Crippen molar-refractivity contribution >= 4 is 0 Å². The SMILES string of the molecule is CCCCOc1ccc(CN2CCC(C)CC2)cc1. The molecule has 0 saturated carbocycles. The Labute approximate surface area is 117 Å². The van der Waals surface area contributed by atoms with Crippen LogP contribution in [-0.2, 0) is 6.54 Å². The maximum absolute atomic E-state index is 5.69. The summed E-state index contributed by atoms with van der Waals surface area (Å²) in [6.45, 7) is 8.96. The normalized spacial score (nSPS) is 17.6. The first kappa shape index (κ1) is 14.4. The molecule has 1 aromatic rings. The topological polar surface area (TPSA) is 12.5 Å². The molecule has 0 amide bonds. The van der Waals surface area contributed by atoms with Crippen molar-refractivity contribution in [2.24, 2.45) is 5.92 Å². The molecule has 19 heavy (non-hydrogen) atoms. The van der Waals surface area contributed by atoms with Crippen molar-refractivity contribution in [2.75, 3.05) is 19.7 Å². The Morgan fingerprint density at radius 3 is 2.47 bits per heavy atom. The summed E-state index contributed by atoms with van der Waals surface area (Å²) in [5.41, 5.74) is 1.40. The standard InChI is InChI=1S/C17H27NO/c1-3-4-13-19-17-7-5-16(6-8-17)14-18-11-9-15(2)10-12-18/h5-8,15H,3-4,9-14H2,1-2H3. The minimum Gasteiger partial charge on any atom is -0.494 e. The second-order valence-corrected chi connectivity index (χ2v) is 5.80. The predicted octanol–water partition coefficient (Wildman–Crippen LogP) is 4.10. The molecule has 1 aliphatic rings. The fourth-order valence-electron chi connectivity index (χ4n) is 2.50. The van der Waals surface area contributed by atoms with Crippen molar-refractivity contribution < 1.29 is 4.74 Å². The number of hydrogen-bond acceptors (Lipinski definition) is 2. The molecule has 1 saturated heterocycles. The van der Waals surface area contributed by atoms with Gasteiger partial charge in [-0.25, -0.2) is 0 Å². The Kier molecular flexibility index (Phi) is 5.71. The minimum absolute atomic E-state index is 0.833. The lowest BCUT2D eigenvalue weighted by Crippen LogP contribution is -2.32. The molecular formula is C17H27NO. The van der Waals surface area contributed by atoms with Crippen LogP contribution < -0.4 is 4.74 Å². The van der Waals surface area contributed by atoms with E-state index in [9.17, 15) is 0 Å². The van der Waals surface area contributed by atoms with Gasteiger partial charge >= 0.3 is 0 Å². The summed E-state index contributed by atoms with van der Waals surface area (Å²) in [5.74, 6) is 1.91. The van der Waals surface area contributed by atoms with Crippen LogP contribution in [0.1, 0.15) is 45.1 Å². The molecule has 2 rings (SSSR count). The summed E-state index contributed by atoms with van der Waals surface area (Å²) in [4.78, 5) is 2.56. The van der Waals surface area contributed by atoms with E-state index in [1.807, 2.05) is 0 Å². The average Bonchev–Trinajstić information content (AvgIpc) is 2.44. The van der Waals surface area contributed by atoms with Gasteiger partial charge in [-0.15, -0.1) is 0 Å². The molecule has 0 aliphatic carbocycles. The molecule has 0 bridgehead atoms. The zero-order valence-electron chi connectivity index (χ0n) is 12.4. The lowest BCUT2D eigenvalue weighted by atomic mass is 9.99. The molecule has 106 valence electrons. The van der Waals surface area contributed by atoms with Crippen LogP contribution in [0.2, 0.25) is 0 Å². The van der Waals surface area contributed by atoms with Gasteiger partial charge in [0.05, 0.1) is 6.61 Å². The summed E-state index contributed by atoms with van der Waals surface area (Å²) < 4.78 is 5.69. The highest BCUT2D eigenvalue weighted by Gasteiger charge is 2.15. The van der Waals surface area contributed by atoms with Gasteiger partial charge < -0.3 is 4.74 Å². The van der Waals surface area contributed by atoms with Crippen molar-refractivity contribution in [3.05, 3.63) is 29.8 Å². The number of ether oxygens (including phenoxy) is 1. The maximum atomic E-state index is 5.69. The zero-order chi connectivity index (χ0) is 13.5. The first-order chi connectivity index (χ1) is 9.28. The molecule has 1 heterocycles. The van der Waals surface area contributed by atoms with E-state index in [0.29, 0.717) is 0 Å². The number of hydrogen-bond donors (Lipinski definition) is 0. The van der Waals surface area contributed by atoms with Gasteiger partial charge in [0, 0.05) is 6.54 Å². The van der Waals surface area contributed by atoms with Gasteiger partial charge in [0.1, 0.15) is 5.75 Å². The Balaban J connectivity index is 1.78. The molecule has 1 aromatic carbocycles. The molecule has 2 nitrogen and oxygen atoms in total. The molecule has 0 radical (unpaired) electrons. The number of likely N-dealkylation sites (tertiary alicyclic amines) is 1.